The first-order valence-electron chi connectivity index (χ1n) is 5.63. The lowest BCUT2D eigenvalue weighted by atomic mass is 10.1. The number of nitrogens with one attached hydrogen (secondary N) is 1. The Morgan fingerprint density at radius 3 is 2.74 bits per heavy atom. The highest BCUT2D eigenvalue weighted by molar-refractivity contribution is 7.98. The van der Waals surface area contributed by atoms with E-state index in [4.69, 9.17) is 5.26 Å². The second-order valence-corrected chi connectivity index (χ2v) is 5.64. The van der Waals surface area contributed by atoms with Gasteiger partial charge < -0.3 is 5.32 Å². The van der Waals surface area contributed by atoms with Gasteiger partial charge in [0, 0.05) is 4.90 Å². The maximum Gasteiger partial charge on any atom is 0.229 e. The molecule has 1 aromatic heterocycles. The minimum absolute atomic E-state index is 0.101. The summed E-state index contributed by atoms with van der Waals surface area (Å²) in [5.41, 5.74) is 1.47. The van der Waals surface area contributed by atoms with Crippen molar-refractivity contribution in [3.8, 4) is 6.07 Å². The number of nitriles is 1. The minimum Gasteiger partial charge on any atom is -0.316 e. The zero-order valence-corrected chi connectivity index (χ0v) is 12.0. The second kappa shape index (κ2) is 6.41. The average molecular weight is 288 g/mol. The predicted octanol–water partition coefficient (Wildman–Crippen LogP) is 3.52. The molecule has 1 amide bonds. The third-order valence-corrected chi connectivity index (χ3v) is 4.14. The van der Waals surface area contributed by atoms with Crippen molar-refractivity contribution in [2.24, 2.45) is 0 Å². The summed E-state index contributed by atoms with van der Waals surface area (Å²) in [4.78, 5) is 13.1. The molecule has 2 aromatic rings. The van der Waals surface area contributed by atoms with E-state index in [0.29, 0.717) is 17.0 Å². The molecule has 0 unspecified atom stereocenters. The summed E-state index contributed by atoms with van der Waals surface area (Å²) in [7, 11) is 0. The van der Waals surface area contributed by atoms with Crippen LogP contribution in [-0.4, -0.2) is 12.2 Å². The van der Waals surface area contributed by atoms with E-state index in [1.165, 1.54) is 16.2 Å². The van der Waals surface area contributed by atoms with Gasteiger partial charge in [0.1, 0.15) is 11.1 Å². The van der Waals surface area contributed by atoms with Crippen molar-refractivity contribution in [3.63, 3.8) is 0 Å². The van der Waals surface area contributed by atoms with E-state index in [1.807, 2.05) is 30.5 Å². The van der Waals surface area contributed by atoms with Crippen molar-refractivity contribution in [1.82, 2.24) is 0 Å². The topological polar surface area (TPSA) is 52.9 Å². The van der Waals surface area contributed by atoms with Gasteiger partial charge in [0.2, 0.25) is 5.91 Å². The summed E-state index contributed by atoms with van der Waals surface area (Å²) in [6, 6.07) is 11.7. The highest BCUT2D eigenvalue weighted by Crippen LogP contribution is 2.22. The average Bonchev–Trinajstić information content (AvgIpc) is 2.86. The quantitative estimate of drug-likeness (QED) is 0.876. The molecule has 0 atom stereocenters. The lowest BCUT2D eigenvalue weighted by Gasteiger charge is -2.04. The summed E-state index contributed by atoms with van der Waals surface area (Å²) < 4.78 is 0. The van der Waals surface area contributed by atoms with E-state index >= 15 is 0 Å². The molecular formula is C14H12N2OS2. The summed E-state index contributed by atoms with van der Waals surface area (Å²) in [5.74, 6) is -0.101. The van der Waals surface area contributed by atoms with Crippen LogP contribution >= 0.6 is 23.1 Å². The van der Waals surface area contributed by atoms with Crippen LogP contribution in [0, 0.1) is 11.3 Å². The number of amides is 1. The van der Waals surface area contributed by atoms with Crippen LogP contribution in [0.3, 0.4) is 0 Å². The van der Waals surface area contributed by atoms with Crippen molar-refractivity contribution in [2.75, 3.05) is 11.6 Å². The van der Waals surface area contributed by atoms with Crippen LogP contribution in [0.2, 0.25) is 0 Å². The maximum absolute atomic E-state index is 11.9. The fourth-order valence-corrected chi connectivity index (χ4v) is 2.76. The van der Waals surface area contributed by atoms with Crippen LogP contribution in [0.15, 0.2) is 40.6 Å². The SMILES string of the molecule is CSc1ccc(CC(=O)Nc2sccc2C#N)cc1. The number of benzene rings is 1. The summed E-state index contributed by atoms with van der Waals surface area (Å²) in [5, 5.41) is 14.1. The molecule has 0 aliphatic rings. The number of thioether (sulfide) groups is 1. The maximum atomic E-state index is 11.9. The Balaban J connectivity index is 1.99. The number of hydrogen-bond acceptors (Lipinski definition) is 4. The first-order chi connectivity index (χ1) is 9.22. The Morgan fingerprint density at radius 1 is 1.37 bits per heavy atom. The van der Waals surface area contributed by atoms with Gasteiger partial charge in [0.05, 0.1) is 12.0 Å². The molecule has 0 spiro atoms. The van der Waals surface area contributed by atoms with Crippen LogP contribution in [0.1, 0.15) is 11.1 Å². The van der Waals surface area contributed by atoms with Crippen LogP contribution in [0.25, 0.3) is 0 Å². The van der Waals surface area contributed by atoms with Crippen LogP contribution < -0.4 is 5.32 Å². The second-order valence-electron chi connectivity index (χ2n) is 3.85. The van der Waals surface area contributed by atoms with Crippen molar-refractivity contribution >= 4 is 34.0 Å². The highest BCUT2D eigenvalue weighted by atomic mass is 32.2. The van der Waals surface area contributed by atoms with Crippen molar-refractivity contribution in [1.29, 1.82) is 5.26 Å². The van der Waals surface area contributed by atoms with Gasteiger partial charge in [-0.2, -0.15) is 5.26 Å². The van der Waals surface area contributed by atoms with Gasteiger partial charge in [0.15, 0.2) is 0 Å². The number of rotatable bonds is 4. The highest BCUT2D eigenvalue weighted by Gasteiger charge is 2.08. The van der Waals surface area contributed by atoms with E-state index in [-0.39, 0.29) is 5.91 Å². The van der Waals surface area contributed by atoms with Crippen LogP contribution in [0.4, 0.5) is 5.00 Å². The smallest absolute Gasteiger partial charge is 0.229 e. The molecule has 5 heteroatoms. The summed E-state index contributed by atoms with van der Waals surface area (Å²) in [6.07, 6.45) is 2.33. The molecule has 19 heavy (non-hydrogen) atoms. The Hall–Kier alpha value is -1.77. The summed E-state index contributed by atoms with van der Waals surface area (Å²) >= 11 is 3.03. The molecule has 3 nitrogen and oxygen atoms in total. The predicted molar refractivity (Wildman–Crippen MR) is 79.6 cm³/mol. The lowest BCUT2D eigenvalue weighted by molar-refractivity contribution is -0.115. The minimum atomic E-state index is -0.101. The first-order valence-corrected chi connectivity index (χ1v) is 7.73. The molecule has 2 rings (SSSR count). The van der Waals surface area contributed by atoms with Crippen molar-refractivity contribution in [3.05, 3.63) is 46.8 Å². The molecule has 1 heterocycles. The van der Waals surface area contributed by atoms with E-state index < -0.39 is 0 Å². The number of carbonyl (C=O) groups is 1. The van der Waals surface area contributed by atoms with Gasteiger partial charge in [-0.15, -0.1) is 23.1 Å². The Kier molecular flexibility index (Phi) is 4.61. The van der Waals surface area contributed by atoms with Gasteiger partial charge in [-0.1, -0.05) is 12.1 Å². The van der Waals surface area contributed by atoms with Gasteiger partial charge in [-0.3, -0.25) is 4.79 Å². The standard InChI is InChI=1S/C14H12N2OS2/c1-18-12-4-2-10(3-5-12)8-13(17)16-14-11(9-15)6-7-19-14/h2-7H,8H2,1H3,(H,16,17). The van der Waals surface area contributed by atoms with Crippen molar-refractivity contribution in [2.45, 2.75) is 11.3 Å². The molecule has 0 aliphatic heterocycles. The molecule has 0 saturated heterocycles. The Bertz CT molecular complexity index is 611. The molecule has 1 N–H and O–H groups in total. The van der Waals surface area contributed by atoms with Gasteiger partial charge in [0.25, 0.3) is 0 Å². The van der Waals surface area contributed by atoms with Gasteiger partial charge in [-0.05, 0) is 35.4 Å². The van der Waals surface area contributed by atoms with E-state index in [2.05, 4.69) is 11.4 Å². The first kappa shape index (κ1) is 13.7. The third-order valence-electron chi connectivity index (χ3n) is 2.56. The molecular weight excluding hydrogens is 276 g/mol. The molecule has 0 fully saturated rings. The molecule has 0 bridgehead atoms. The summed E-state index contributed by atoms with van der Waals surface area (Å²) in [6.45, 7) is 0. The Morgan fingerprint density at radius 2 is 2.11 bits per heavy atom. The Labute approximate surface area is 120 Å². The van der Waals surface area contributed by atoms with E-state index in [0.717, 1.165) is 5.56 Å². The van der Waals surface area contributed by atoms with Gasteiger partial charge >= 0.3 is 0 Å². The number of anilines is 1. The van der Waals surface area contributed by atoms with Crippen LogP contribution in [-0.2, 0) is 11.2 Å². The number of thiophene rings is 1. The zero-order chi connectivity index (χ0) is 13.7. The fraction of sp³-hybridized carbons (Fsp3) is 0.143. The number of nitrogens with zero attached hydrogens (tertiary/aromatic N) is 1. The molecule has 0 aliphatic carbocycles. The largest absolute Gasteiger partial charge is 0.316 e. The normalized spacial score (nSPS) is 9.89. The number of carbonyl (C=O) groups excluding carboxylic acids is 1. The molecule has 1 aromatic carbocycles. The lowest BCUT2D eigenvalue weighted by Crippen LogP contribution is -2.14. The molecule has 96 valence electrons. The monoisotopic (exact) mass is 288 g/mol. The fourth-order valence-electron chi connectivity index (χ4n) is 1.59. The van der Waals surface area contributed by atoms with Crippen LogP contribution in [0.5, 0.6) is 0 Å². The third kappa shape index (κ3) is 3.60. The van der Waals surface area contributed by atoms with E-state index in [1.54, 1.807) is 23.2 Å². The zero-order valence-electron chi connectivity index (χ0n) is 10.3. The molecule has 0 saturated carbocycles. The van der Waals surface area contributed by atoms with Crippen molar-refractivity contribution < 1.29 is 4.79 Å². The number of hydrogen-bond donors (Lipinski definition) is 1. The van der Waals surface area contributed by atoms with Gasteiger partial charge in [-0.25, -0.2) is 0 Å². The molecule has 0 radical (unpaired) electrons. The van der Waals surface area contributed by atoms with E-state index in [9.17, 15) is 4.79 Å².